The molecular weight excluding hydrogens is 288 g/mol. The molecule has 0 unspecified atom stereocenters. The maximum Gasteiger partial charge on any atom is 0.239 e. The van der Waals surface area contributed by atoms with Crippen LogP contribution in [0.15, 0.2) is 18.2 Å². The molecule has 1 fully saturated rings. The van der Waals surface area contributed by atoms with E-state index in [1.54, 1.807) is 13.8 Å². The number of hydrogen-bond donors (Lipinski definition) is 1. The highest BCUT2D eigenvalue weighted by atomic mass is 16.2. The zero-order chi connectivity index (χ0) is 17.0. The van der Waals surface area contributed by atoms with Crippen molar-refractivity contribution in [3.63, 3.8) is 0 Å². The number of amides is 2. The average molecular weight is 316 g/mol. The van der Waals surface area contributed by atoms with Gasteiger partial charge in [-0.15, -0.1) is 0 Å². The summed E-state index contributed by atoms with van der Waals surface area (Å²) in [5.74, 6) is -0.303. The predicted octanol–water partition coefficient (Wildman–Crippen LogP) is 3.67. The molecule has 1 aliphatic rings. The van der Waals surface area contributed by atoms with Crippen molar-refractivity contribution in [2.75, 3.05) is 18.4 Å². The van der Waals surface area contributed by atoms with Crippen LogP contribution in [-0.4, -0.2) is 29.8 Å². The molecule has 0 bridgehead atoms. The first-order valence-electron chi connectivity index (χ1n) is 8.51. The molecule has 1 aliphatic heterocycles. The smallest absolute Gasteiger partial charge is 0.239 e. The van der Waals surface area contributed by atoms with E-state index in [0.29, 0.717) is 0 Å². The summed E-state index contributed by atoms with van der Waals surface area (Å²) in [6.07, 6.45) is 4.39. The number of nitrogens with zero attached hydrogens (tertiary/aromatic N) is 1. The van der Waals surface area contributed by atoms with Gasteiger partial charge in [-0.25, -0.2) is 0 Å². The van der Waals surface area contributed by atoms with Crippen LogP contribution in [0, 0.1) is 19.3 Å². The van der Waals surface area contributed by atoms with Crippen molar-refractivity contribution in [1.82, 2.24) is 4.90 Å². The standard InChI is InChI=1S/C19H28N2O2/c1-14-10-9-11-16(15(14)2)20-17(22)19(3,4)18(23)21-12-7-5-6-8-13-21/h9-11H,5-8,12-13H2,1-4H3,(H,20,22). The van der Waals surface area contributed by atoms with E-state index in [4.69, 9.17) is 0 Å². The lowest BCUT2D eigenvalue weighted by Gasteiger charge is -2.30. The Hall–Kier alpha value is -1.84. The fraction of sp³-hybridized carbons (Fsp3) is 0.579. The monoisotopic (exact) mass is 316 g/mol. The summed E-state index contributed by atoms with van der Waals surface area (Å²) in [6.45, 7) is 8.96. The molecular formula is C19H28N2O2. The lowest BCUT2D eigenvalue weighted by molar-refractivity contribution is -0.146. The first-order chi connectivity index (χ1) is 10.8. The Morgan fingerprint density at radius 3 is 2.26 bits per heavy atom. The highest BCUT2D eigenvalue weighted by molar-refractivity contribution is 6.10. The van der Waals surface area contributed by atoms with Gasteiger partial charge in [-0.1, -0.05) is 25.0 Å². The van der Waals surface area contributed by atoms with Crippen molar-refractivity contribution < 1.29 is 9.59 Å². The van der Waals surface area contributed by atoms with Crippen LogP contribution in [0.2, 0.25) is 0 Å². The summed E-state index contributed by atoms with van der Waals surface area (Å²) in [5.41, 5.74) is 1.89. The van der Waals surface area contributed by atoms with Gasteiger partial charge in [-0.3, -0.25) is 9.59 Å². The third-order valence-corrected chi connectivity index (χ3v) is 4.85. The first kappa shape index (κ1) is 17.5. The van der Waals surface area contributed by atoms with E-state index in [1.807, 2.05) is 36.9 Å². The zero-order valence-corrected chi connectivity index (χ0v) is 14.7. The number of nitrogens with one attached hydrogen (secondary N) is 1. The number of benzene rings is 1. The second-order valence-corrected chi connectivity index (χ2v) is 7.03. The predicted molar refractivity (Wildman–Crippen MR) is 93.4 cm³/mol. The van der Waals surface area contributed by atoms with Crippen LogP contribution in [0.25, 0.3) is 0 Å². The molecule has 0 radical (unpaired) electrons. The lowest BCUT2D eigenvalue weighted by atomic mass is 9.89. The molecule has 4 heteroatoms. The van der Waals surface area contributed by atoms with E-state index in [9.17, 15) is 9.59 Å². The minimum atomic E-state index is -1.06. The number of carbonyl (C=O) groups excluding carboxylic acids is 2. The Kier molecular flexibility index (Phi) is 5.45. The topological polar surface area (TPSA) is 49.4 Å². The number of anilines is 1. The average Bonchev–Trinajstić information content (AvgIpc) is 2.80. The molecule has 4 nitrogen and oxygen atoms in total. The van der Waals surface area contributed by atoms with Crippen LogP contribution in [0.1, 0.15) is 50.7 Å². The quantitative estimate of drug-likeness (QED) is 0.865. The number of rotatable bonds is 3. The minimum Gasteiger partial charge on any atom is -0.342 e. The second kappa shape index (κ2) is 7.16. The normalized spacial score (nSPS) is 15.9. The van der Waals surface area contributed by atoms with Gasteiger partial charge in [-0.2, -0.15) is 0 Å². The van der Waals surface area contributed by atoms with Crippen LogP contribution < -0.4 is 5.32 Å². The van der Waals surface area contributed by atoms with Crippen molar-refractivity contribution in [3.05, 3.63) is 29.3 Å². The molecule has 0 aliphatic carbocycles. The van der Waals surface area contributed by atoms with Gasteiger partial charge < -0.3 is 10.2 Å². The maximum absolute atomic E-state index is 12.8. The second-order valence-electron chi connectivity index (χ2n) is 7.03. The maximum atomic E-state index is 12.8. The summed E-state index contributed by atoms with van der Waals surface area (Å²) in [6, 6.07) is 5.81. The zero-order valence-electron chi connectivity index (χ0n) is 14.7. The molecule has 1 heterocycles. The number of carbonyl (C=O) groups is 2. The van der Waals surface area contributed by atoms with E-state index >= 15 is 0 Å². The molecule has 2 amide bonds. The number of aryl methyl sites for hydroxylation is 1. The largest absolute Gasteiger partial charge is 0.342 e. The van der Waals surface area contributed by atoms with Crippen molar-refractivity contribution in [2.24, 2.45) is 5.41 Å². The fourth-order valence-electron chi connectivity index (χ4n) is 2.93. The molecule has 1 aromatic rings. The Morgan fingerprint density at radius 2 is 1.65 bits per heavy atom. The summed E-state index contributed by atoms with van der Waals surface area (Å²) in [7, 11) is 0. The molecule has 0 spiro atoms. The molecule has 1 saturated heterocycles. The Morgan fingerprint density at radius 1 is 1.04 bits per heavy atom. The lowest BCUT2D eigenvalue weighted by Crippen LogP contribution is -2.47. The van der Waals surface area contributed by atoms with Gasteiger partial charge in [0, 0.05) is 18.8 Å². The van der Waals surface area contributed by atoms with E-state index in [0.717, 1.165) is 42.7 Å². The van der Waals surface area contributed by atoms with E-state index in [1.165, 1.54) is 12.8 Å². The summed E-state index contributed by atoms with van der Waals surface area (Å²) in [5, 5.41) is 2.94. The molecule has 0 aromatic heterocycles. The number of likely N-dealkylation sites (tertiary alicyclic amines) is 1. The Bertz CT molecular complexity index is 585. The van der Waals surface area contributed by atoms with Gasteiger partial charge in [0.2, 0.25) is 11.8 Å². The van der Waals surface area contributed by atoms with Crippen molar-refractivity contribution >= 4 is 17.5 Å². The van der Waals surface area contributed by atoms with Crippen LogP contribution in [-0.2, 0) is 9.59 Å². The summed E-state index contributed by atoms with van der Waals surface area (Å²) >= 11 is 0. The molecule has 1 N–H and O–H groups in total. The minimum absolute atomic E-state index is 0.0674. The fourth-order valence-corrected chi connectivity index (χ4v) is 2.93. The molecule has 126 valence electrons. The van der Waals surface area contributed by atoms with Gasteiger partial charge in [0.25, 0.3) is 0 Å². The summed E-state index contributed by atoms with van der Waals surface area (Å²) < 4.78 is 0. The third-order valence-electron chi connectivity index (χ3n) is 4.85. The van der Waals surface area contributed by atoms with E-state index < -0.39 is 5.41 Å². The van der Waals surface area contributed by atoms with Gasteiger partial charge in [0.05, 0.1) is 0 Å². The Balaban J connectivity index is 2.12. The van der Waals surface area contributed by atoms with E-state index in [-0.39, 0.29) is 11.8 Å². The van der Waals surface area contributed by atoms with Crippen molar-refractivity contribution in [3.8, 4) is 0 Å². The summed E-state index contributed by atoms with van der Waals surface area (Å²) in [4.78, 5) is 27.4. The van der Waals surface area contributed by atoms with E-state index in [2.05, 4.69) is 5.32 Å². The Labute approximate surface area is 139 Å². The highest BCUT2D eigenvalue weighted by Gasteiger charge is 2.39. The third kappa shape index (κ3) is 3.92. The van der Waals surface area contributed by atoms with Crippen LogP contribution in [0.5, 0.6) is 0 Å². The van der Waals surface area contributed by atoms with Crippen molar-refractivity contribution in [2.45, 2.75) is 53.4 Å². The first-order valence-corrected chi connectivity index (χ1v) is 8.51. The van der Waals surface area contributed by atoms with Gasteiger partial charge in [0.1, 0.15) is 5.41 Å². The van der Waals surface area contributed by atoms with Crippen LogP contribution >= 0.6 is 0 Å². The van der Waals surface area contributed by atoms with Gasteiger partial charge >= 0.3 is 0 Å². The molecule has 1 aromatic carbocycles. The van der Waals surface area contributed by atoms with Gasteiger partial charge in [0.15, 0.2) is 0 Å². The number of hydrogen-bond acceptors (Lipinski definition) is 2. The highest BCUT2D eigenvalue weighted by Crippen LogP contribution is 2.25. The van der Waals surface area contributed by atoms with Crippen molar-refractivity contribution in [1.29, 1.82) is 0 Å². The van der Waals surface area contributed by atoms with Crippen LogP contribution in [0.3, 0.4) is 0 Å². The molecule has 0 atom stereocenters. The van der Waals surface area contributed by atoms with Gasteiger partial charge in [-0.05, 0) is 57.7 Å². The molecule has 2 rings (SSSR count). The SMILES string of the molecule is Cc1cccc(NC(=O)C(C)(C)C(=O)N2CCCCCC2)c1C. The van der Waals surface area contributed by atoms with Crippen LogP contribution in [0.4, 0.5) is 5.69 Å². The molecule has 0 saturated carbocycles. The molecule has 23 heavy (non-hydrogen) atoms.